The Morgan fingerprint density at radius 1 is 1.02 bits per heavy atom. The highest BCUT2D eigenvalue weighted by Gasteiger charge is 2.31. The van der Waals surface area contributed by atoms with E-state index in [0.717, 1.165) is 28.5 Å². The van der Waals surface area contributed by atoms with Crippen molar-refractivity contribution < 1.29 is 4.42 Å². The molecular formula is C31H28ClN7O2. The van der Waals surface area contributed by atoms with Crippen molar-refractivity contribution in [1.29, 1.82) is 0 Å². The van der Waals surface area contributed by atoms with Gasteiger partial charge < -0.3 is 9.40 Å². The van der Waals surface area contributed by atoms with Crippen molar-refractivity contribution in [3.8, 4) is 0 Å². The van der Waals surface area contributed by atoms with Crippen LogP contribution in [-0.2, 0) is 26.1 Å². The lowest BCUT2D eigenvalue weighted by molar-refractivity contribution is 0.193. The van der Waals surface area contributed by atoms with Crippen LogP contribution in [0.5, 0.6) is 0 Å². The Balaban J connectivity index is 1.54. The molecule has 1 N–H and O–H groups in total. The van der Waals surface area contributed by atoms with Gasteiger partial charge in [-0.05, 0) is 81.4 Å². The fraction of sp³-hybridized carbons (Fsp3) is 0.194. The number of tetrazole rings is 1. The Hall–Kier alpha value is -4.60. The van der Waals surface area contributed by atoms with Crippen molar-refractivity contribution in [3.05, 3.63) is 141 Å². The van der Waals surface area contributed by atoms with Crippen LogP contribution in [0.4, 0.5) is 0 Å². The van der Waals surface area contributed by atoms with E-state index in [4.69, 9.17) is 16.0 Å². The highest BCUT2D eigenvalue weighted by Crippen LogP contribution is 2.31. The Bertz CT molecular complexity index is 1820. The summed E-state index contributed by atoms with van der Waals surface area (Å²) >= 11 is 6.65. The third-order valence-corrected chi connectivity index (χ3v) is 7.50. The van der Waals surface area contributed by atoms with Crippen LogP contribution in [-0.4, -0.2) is 35.1 Å². The summed E-state index contributed by atoms with van der Waals surface area (Å²) in [6.07, 6.45) is 6.06. The summed E-state index contributed by atoms with van der Waals surface area (Å²) in [7, 11) is 0. The molecule has 0 aliphatic carbocycles. The third-order valence-electron chi connectivity index (χ3n) is 7.13. The minimum absolute atomic E-state index is 0.213. The first-order chi connectivity index (χ1) is 20.1. The van der Waals surface area contributed by atoms with E-state index in [0.29, 0.717) is 41.8 Å². The molecule has 0 aliphatic heterocycles. The molecule has 1 atom stereocenters. The van der Waals surface area contributed by atoms with Crippen molar-refractivity contribution in [3.63, 3.8) is 0 Å². The fourth-order valence-electron chi connectivity index (χ4n) is 5.08. The fourth-order valence-corrected chi connectivity index (χ4v) is 5.27. The molecule has 0 fully saturated rings. The van der Waals surface area contributed by atoms with Gasteiger partial charge in [-0.25, -0.2) is 4.68 Å². The van der Waals surface area contributed by atoms with Gasteiger partial charge in [0.05, 0.1) is 6.26 Å². The first kappa shape index (κ1) is 26.6. The first-order valence-electron chi connectivity index (χ1n) is 13.4. The third kappa shape index (κ3) is 5.82. The zero-order valence-corrected chi connectivity index (χ0v) is 23.2. The lowest BCUT2D eigenvalue weighted by atomic mass is 10.0. The average Bonchev–Trinajstić information content (AvgIpc) is 3.68. The number of halogens is 1. The molecule has 0 spiro atoms. The number of hydrogen-bond acceptors (Lipinski definition) is 7. The van der Waals surface area contributed by atoms with Gasteiger partial charge in [0.25, 0.3) is 5.56 Å². The van der Waals surface area contributed by atoms with Gasteiger partial charge in [-0.15, -0.1) is 5.10 Å². The number of aromatic nitrogens is 6. The van der Waals surface area contributed by atoms with Crippen molar-refractivity contribution in [2.75, 3.05) is 0 Å². The number of aromatic amines is 1. The molecule has 6 aromatic rings. The summed E-state index contributed by atoms with van der Waals surface area (Å²) in [5, 5.41) is 14.4. The number of nitrogens with one attached hydrogen (secondary N) is 1. The van der Waals surface area contributed by atoms with Gasteiger partial charge in [-0.1, -0.05) is 48.9 Å². The maximum absolute atomic E-state index is 13.8. The maximum atomic E-state index is 13.8. The number of hydrogen-bond donors (Lipinski definition) is 1. The molecule has 0 radical (unpaired) electrons. The van der Waals surface area contributed by atoms with E-state index < -0.39 is 6.04 Å². The van der Waals surface area contributed by atoms with E-state index in [1.54, 1.807) is 17.1 Å². The van der Waals surface area contributed by atoms with Crippen LogP contribution in [0.2, 0.25) is 5.02 Å². The molecule has 0 aliphatic rings. The second-order valence-electron chi connectivity index (χ2n) is 9.86. The number of aryl methyl sites for hydroxylation is 1. The maximum Gasteiger partial charge on any atom is 0.253 e. The molecular weight excluding hydrogens is 538 g/mol. The molecule has 4 heterocycles. The van der Waals surface area contributed by atoms with E-state index in [9.17, 15) is 4.79 Å². The molecule has 6 rings (SSSR count). The second-order valence-corrected chi connectivity index (χ2v) is 10.3. The Morgan fingerprint density at radius 2 is 1.93 bits per heavy atom. The Kier molecular flexibility index (Phi) is 7.71. The SMILES string of the molecule is CCc1ccc2[nH]c(=O)c(C(c3nnnn3Cc3ccco3)N(Cc3cccnc3)Cc3ccccc3Cl)cc2c1. The van der Waals surface area contributed by atoms with E-state index in [1.165, 1.54) is 5.56 Å². The lowest BCUT2D eigenvalue weighted by Gasteiger charge is -2.31. The molecule has 0 amide bonds. The minimum atomic E-state index is -0.630. The number of fused-ring (bicyclic) bond motifs is 1. The molecule has 0 saturated carbocycles. The molecule has 206 valence electrons. The van der Waals surface area contributed by atoms with E-state index in [2.05, 4.69) is 43.4 Å². The summed E-state index contributed by atoms with van der Waals surface area (Å²) in [5.41, 5.74) is 4.15. The summed E-state index contributed by atoms with van der Waals surface area (Å²) in [4.78, 5) is 23.4. The van der Waals surface area contributed by atoms with Crippen molar-refractivity contribution in [2.45, 2.75) is 39.0 Å². The van der Waals surface area contributed by atoms with Crippen LogP contribution >= 0.6 is 11.6 Å². The van der Waals surface area contributed by atoms with Crippen LogP contribution in [0.15, 0.2) is 101 Å². The van der Waals surface area contributed by atoms with Gasteiger partial charge in [0, 0.05) is 41.6 Å². The second kappa shape index (κ2) is 11.9. The summed E-state index contributed by atoms with van der Waals surface area (Å²) in [5.74, 6) is 1.20. The lowest BCUT2D eigenvalue weighted by Crippen LogP contribution is -2.35. The normalized spacial score (nSPS) is 12.3. The zero-order chi connectivity index (χ0) is 28.2. The monoisotopic (exact) mass is 565 g/mol. The zero-order valence-electron chi connectivity index (χ0n) is 22.4. The summed E-state index contributed by atoms with van der Waals surface area (Å²) < 4.78 is 7.28. The standard InChI is InChI=1S/C31H28ClN7O2/c1-2-21-11-12-28-24(15-21)16-26(31(40)34-28)29(30-35-36-37-39(30)20-25-9-6-14-41-25)38(18-22-7-5-13-33-17-22)19-23-8-3-4-10-27(23)32/h3-17,29H,2,18-20H2,1H3,(H,34,40). The van der Waals surface area contributed by atoms with Crippen LogP contribution in [0, 0.1) is 0 Å². The van der Waals surface area contributed by atoms with Gasteiger partial charge in [0.1, 0.15) is 18.3 Å². The smallest absolute Gasteiger partial charge is 0.253 e. The number of H-pyrrole nitrogens is 1. The number of furan rings is 1. The van der Waals surface area contributed by atoms with Crippen LogP contribution in [0.25, 0.3) is 10.9 Å². The molecule has 0 saturated heterocycles. The molecule has 2 aromatic carbocycles. The topological polar surface area (TPSA) is 106 Å². The summed E-state index contributed by atoms with van der Waals surface area (Å²) in [6.45, 7) is 3.31. The number of rotatable bonds is 10. The molecule has 1 unspecified atom stereocenters. The summed E-state index contributed by atoms with van der Waals surface area (Å²) in [6, 6.07) is 22.7. The van der Waals surface area contributed by atoms with Crippen LogP contribution in [0.3, 0.4) is 0 Å². The highest BCUT2D eigenvalue weighted by atomic mass is 35.5. The number of benzene rings is 2. The quantitative estimate of drug-likeness (QED) is 0.232. The average molecular weight is 566 g/mol. The van der Waals surface area contributed by atoms with E-state index >= 15 is 0 Å². The van der Waals surface area contributed by atoms with Gasteiger partial charge in [0.15, 0.2) is 5.82 Å². The number of pyridine rings is 2. The molecule has 4 aromatic heterocycles. The first-order valence-corrected chi connectivity index (χ1v) is 13.8. The number of nitrogens with zero attached hydrogens (tertiary/aromatic N) is 6. The minimum Gasteiger partial charge on any atom is -0.467 e. The van der Waals surface area contributed by atoms with E-state index in [-0.39, 0.29) is 5.56 Å². The van der Waals surface area contributed by atoms with Gasteiger partial charge in [-0.3, -0.25) is 14.7 Å². The van der Waals surface area contributed by atoms with Gasteiger partial charge in [-0.2, -0.15) is 0 Å². The van der Waals surface area contributed by atoms with Crippen LogP contribution < -0.4 is 5.56 Å². The predicted octanol–water partition coefficient (Wildman–Crippen LogP) is 5.56. The molecule has 41 heavy (non-hydrogen) atoms. The molecule has 9 nitrogen and oxygen atoms in total. The highest BCUT2D eigenvalue weighted by molar-refractivity contribution is 6.31. The predicted molar refractivity (Wildman–Crippen MR) is 156 cm³/mol. The van der Waals surface area contributed by atoms with Crippen molar-refractivity contribution in [1.82, 2.24) is 35.1 Å². The Morgan fingerprint density at radius 3 is 2.71 bits per heavy atom. The molecule has 10 heteroatoms. The van der Waals surface area contributed by atoms with Crippen LogP contribution in [0.1, 0.15) is 46.8 Å². The molecule has 0 bridgehead atoms. The Labute approximate surface area is 241 Å². The van der Waals surface area contributed by atoms with Gasteiger partial charge in [0.2, 0.25) is 0 Å². The van der Waals surface area contributed by atoms with E-state index in [1.807, 2.05) is 72.9 Å². The van der Waals surface area contributed by atoms with Gasteiger partial charge >= 0.3 is 0 Å². The largest absolute Gasteiger partial charge is 0.467 e. The van der Waals surface area contributed by atoms with Crippen molar-refractivity contribution in [2.24, 2.45) is 0 Å². The van der Waals surface area contributed by atoms with Crippen molar-refractivity contribution >= 4 is 22.5 Å².